The van der Waals surface area contributed by atoms with E-state index < -0.39 is 5.41 Å². The van der Waals surface area contributed by atoms with Crippen LogP contribution in [0, 0.1) is 11.3 Å². The molecule has 17 heavy (non-hydrogen) atoms. The summed E-state index contributed by atoms with van der Waals surface area (Å²) in [4.78, 5) is 25.7. The number of carbonyl (C=O) groups excluding carboxylic acids is 2. The van der Waals surface area contributed by atoms with Gasteiger partial charge in [-0.15, -0.1) is 0 Å². The van der Waals surface area contributed by atoms with Gasteiger partial charge < -0.3 is 9.64 Å². The van der Waals surface area contributed by atoms with Crippen molar-refractivity contribution < 1.29 is 14.3 Å². The van der Waals surface area contributed by atoms with Crippen LogP contribution >= 0.6 is 0 Å². The number of hydrogen-bond acceptors (Lipinski definition) is 3. The van der Waals surface area contributed by atoms with Gasteiger partial charge in [0.05, 0.1) is 12.5 Å². The molecule has 0 radical (unpaired) electrons. The van der Waals surface area contributed by atoms with Crippen molar-refractivity contribution in [2.45, 2.75) is 39.0 Å². The molecule has 1 amide bonds. The highest BCUT2D eigenvalue weighted by molar-refractivity contribution is 5.82. The van der Waals surface area contributed by atoms with Crippen LogP contribution in [0.5, 0.6) is 0 Å². The molecule has 0 N–H and O–H groups in total. The quantitative estimate of drug-likeness (QED) is 0.687. The van der Waals surface area contributed by atoms with Crippen molar-refractivity contribution in [2.24, 2.45) is 11.3 Å². The second-order valence-electron chi connectivity index (χ2n) is 5.22. The third-order valence-electron chi connectivity index (χ3n) is 4.37. The Bertz CT molecular complexity index is 329. The van der Waals surface area contributed by atoms with E-state index in [1.165, 1.54) is 7.11 Å². The van der Waals surface area contributed by atoms with Gasteiger partial charge in [0, 0.05) is 19.5 Å². The van der Waals surface area contributed by atoms with Gasteiger partial charge in [-0.25, -0.2) is 0 Å². The van der Waals surface area contributed by atoms with Crippen molar-refractivity contribution >= 4 is 11.9 Å². The minimum atomic E-state index is -0.405. The second kappa shape index (κ2) is 4.67. The topological polar surface area (TPSA) is 46.6 Å². The monoisotopic (exact) mass is 239 g/mol. The zero-order valence-corrected chi connectivity index (χ0v) is 10.7. The largest absolute Gasteiger partial charge is 0.469 e. The molecule has 0 aromatic rings. The maximum absolute atomic E-state index is 12.1. The van der Waals surface area contributed by atoms with Crippen LogP contribution < -0.4 is 0 Å². The Morgan fingerprint density at radius 2 is 2.18 bits per heavy atom. The van der Waals surface area contributed by atoms with Gasteiger partial charge in [-0.1, -0.05) is 19.8 Å². The van der Waals surface area contributed by atoms with Crippen molar-refractivity contribution in [2.75, 3.05) is 20.2 Å². The molecule has 0 aromatic heterocycles. The first-order chi connectivity index (χ1) is 8.14. The molecular formula is C13H21NO3. The fourth-order valence-corrected chi connectivity index (χ4v) is 3.41. The average molecular weight is 239 g/mol. The Kier molecular flexibility index (Phi) is 3.40. The molecular weight excluding hydrogens is 218 g/mol. The summed E-state index contributed by atoms with van der Waals surface area (Å²) in [6.07, 6.45) is 4.67. The lowest BCUT2D eigenvalue weighted by molar-refractivity contribution is -0.156. The summed E-state index contributed by atoms with van der Waals surface area (Å²) in [7, 11) is 1.45. The molecule has 2 atom stereocenters. The summed E-state index contributed by atoms with van der Waals surface area (Å²) >= 11 is 0. The molecule has 1 saturated heterocycles. The Morgan fingerprint density at radius 1 is 1.41 bits per heavy atom. The molecule has 96 valence electrons. The van der Waals surface area contributed by atoms with Crippen molar-refractivity contribution in [3.05, 3.63) is 0 Å². The number of rotatable bonds is 2. The highest BCUT2D eigenvalue weighted by Gasteiger charge is 2.54. The summed E-state index contributed by atoms with van der Waals surface area (Å²) in [6, 6.07) is 0. The second-order valence-corrected chi connectivity index (χ2v) is 5.22. The molecule has 1 aliphatic heterocycles. The first-order valence-corrected chi connectivity index (χ1v) is 6.50. The smallest absolute Gasteiger partial charge is 0.313 e. The number of ether oxygens (including phenoxy) is 1. The zero-order chi connectivity index (χ0) is 12.5. The van der Waals surface area contributed by atoms with Crippen LogP contribution in [0.3, 0.4) is 0 Å². The first-order valence-electron chi connectivity index (χ1n) is 6.50. The van der Waals surface area contributed by atoms with Gasteiger partial charge in [0.1, 0.15) is 0 Å². The summed E-state index contributed by atoms with van der Waals surface area (Å²) in [5, 5.41) is 0. The number of hydrogen-bond donors (Lipinski definition) is 0. The van der Waals surface area contributed by atoms with Crippen LogP contribution in [0.15, 0.2) is 0 Å². The van der Waals surface area contributed by atoms with E-state index in [1.807, 2.05) is 11.8 Å². The molecule has 1 aliphatic carbocycles. The third-order valence-corrected chi connectivity index (χ3v) is 4.37. The third kappa shape index (κ3) is 1.94. The minimum absolute atomic E-state index is 0.117. The highest BCUT2D eigenvalue weighted by Crippen LogP contribution is 2.47. The van der Waals surface area contributed by atoms with Gasteiger partial charge >= 0.3 is 5.97 Å². The molecule has 0 spiro atoms. The van der Waals surface area contributed by atoms with Gasteiger partial charge in [-0.2, -0.15) is 0 Å². The van der Waals surface area contributed by atoms with Gasteiger partial charge in [-0.05, 0) is 18.8 Å². The fourth-order valence-electron chi connectivity index (χ4n) is 3.41. The van der Waals surface area contributed by atoms with E-state index in [1.54, 1.807) is 0 Å². The summed E-state index contributed by atoms with van der Waals surface area (Å²) in [6.45, 7) is 3.17. The molecule has 4 heteroatoms. The SMILES string of the molecule is CCC(=O)N1C[C@H]2CCCC[C@@]2(C(=O)OC)C1. The molecule has 1 saturated carbocycles. The molecule has 2 rings (SSSR count). The Labute approximate surface area is 102 Å². The maximum Gasteiger partial charge on any atom is 0.313 e. The van der Waals surface area contributed by atoms with Crippen LogP contribution in [0.25, 0.3) is 0 Å². The summed E-state index contributed by atoms with van der Waals surface area (Å²) in [5.41, 5.74) is -0.405. The van der Waals surface area contributed by atoms with Crippen molar-refractivity contribution in [1.29, 1.82) is 0 Å². The number of esters is 1. The minimum Gasteiger partial charge on any atom is -0.469 e. The summed E-state index contributed by atoms with van der Waals surface area (Å²) < 4.78 is 4.98. The van der Waals surface area contributed by atoms with Gasteiger partial charge in [-0.3, -0.25) is 9.59 Å². The number of amides is 1. The maximum atomic E-state index is 12.1. The lowest BCUT2D eigenvalue weighted by Crippen LogP contribution is -2.42. The van der Waals surface area contributed by atoms with E-state index in [0.29, 0.717) is 18.9 Å². The van der Waals surface area contributed by atoms with E-state index >= 15 is 0 Å². The van der Waals surface area contributed by atoms with E-state index in [4.69, 9.17) is 4.74 Å². The van der Waals surface area contributed by atoms with E-state index in [-0.39, 0.29) is 11.9 Å². The standard InChI is InChI=1S/C13H21NO3/c1-3-11(15)14-8-10-6-4-5-7-13(10,9-14)12(16)17-2/h10H,3-9H2,1-2H3/t10-,13-/m1/s1. The number of nitrogens with zero attached hydrogens (tertiary/aromatic N) is 1. The molecule has 0 aromatic carbocycles. The van der Waals surface area contributed by atoms with Crippen LogP contribution in [0.1, 0.15) is 39.0 Å². The Balaban J connectivity index is 2.21. The fraction of sp³-hybridized carbons (Fsp3) is 0.846. The van der Waals surface area contributed by atoms with Crippen LogP contribution in [0.2, 0.25) is 0 Å². The zero-order valence-electron chi connectivity index (χ0n) is 10.7. The summed E-state index contributed by atoms with van der Waals surface area (Å²) in [5.74, 6) is 0.343. The van der Waals surface area contributed by atoms with Crippen LogP contribution in [-0.2, 0) is 14.3 Å². The van der Waals surface area contributed by atoms with Crippen molar-refractivity contribution in [3.63, 3.8) is 0 Å². The molecule has 2 aliphatic rings. The normalized spacial score (nSPS) is 32.1. The van der Waals surface area contributed by atoms with Gasteiger partial charge in [0.25, 0.3) is 0 Å². The molecule has 4 nitrogen and oxygen atoms in total. The van der Waals surface area contributed by atoms with Gasteiger partial charge in [0.15, 0.2) is 0 Å². The highest BCUT2D eigenvalue weighted by atomic mass is 16.5. The van der Waals surface area contributed by atoms with E-state index in [0.717, 1.165) is 32.2 Å². The molecule has 0 bridgehead atoms. The number of likely N-dealkylation sites (tertiary alicyclic amines) is 1. The lowest BCUT2D eigenvalue weighted by Gasteiger charge is -2.35. The molecule has 1 heterocycles. The van der Waals surface area contributed by atoms with Gasteiger partial charge in [0.2, 0.25) is 5.91 Å². The number of fused-ring (bicyclic) bond motifs is 1. The average Bonchev–Trinajstić information content (AvgIpc) is 2.77. The predicted molar refractivity (Wildman–Crippen MR) is 63.3 cm³/mol. The van der Waals surface area contributed by atoms with Crippen molar-refractivity contribution in [1.82, 2.24) is 4.90 Å². The van der Waals surface area contributed by atoms with Crippen LogP contribution in [-0.4, -0.2) is 37.0 Å². The van der Waals surface area contributed by atoms with Crippen LogP contribution in [0.4, 0.5) is 0 Å². The lowest BCUT2D eigenvalue weighted by atomic mass is 9.68. The molecule has 2 fully saturated rings. The Hall–Kier alpha value is -1.06. The molecule has 0 unspecified atom stereocenters. The number of carbonyl (C=O) groups is 2. The van der Waals surface area contributed by atoms with E-state index in [2.05, 4.69) is 0 Å². The Morgan fingerprint density at radius 3 is 2.82 bits per heavy atom. The number of methoxy groups -OCH3 is 1. The first kappa shape index (κ1) is 12.4. The van der Waals surface area contributed by atoms with E-state index in [9.17, 15) is 9.59 Å². The van der Waals surface area contributed by atoms with Crippen molar-refractivity contribution in [3.8, 4) is 0 Å². The predicted octanol–water partition coefficient (Wildman–Crippen LogP) is 1.59.